The van der Waals surface area contributed by atoms with Crippen LogP contribution < -0.4 is 60.2 Å². The summed E-state index contributed by atoms with van der Waals surface area (Å²) < 4.78 is 22.3. The number of hydrogen-bond donors (Lipinski definition) is 5. The lowest BCUT2D eigenvalue weighted by Crippen LogP contribution is -2.52. The predicted molar refractivity (Wildman–Crippen MR) is 518 cm³/mol. The molecule has 9 saturated heterocycles. The minimum atomic E-state index is -0.591. The lowest BCUT2D eigenvalue weighted by atomic mass is 9.92. The van der Waals surface area contributed by atoms with Gasteiger partial charge >= 0.3 is 12.1 Å². The van der Waals surface area contributed by atoms with E-state index in [2.05, 4.69) is 91.2 Å². The van der Waals surface area contributed by atoms with E-state index < -0.39 is 18.1 Å². The molecular formula is C102H135N19O16. The van der Waals surface area contributed by atoms with Crippen LogP contribution >= 0.6 is 0 Å². The smallest absolute Gasteiger partial charge is 0.323 e. The zero-order valence-electron chi connectivity index (χ0n) is 80.7. The Kier molecular flexibility index (Phi) is 31.9. The third-order valence-corrected chi connectivity index (χ3v) is 30.1. The number of nitrogens with one attached hydrogen (secondary N) is 5. The molecule has 13 amide bonds. The van der Waals surface area contributed by atoms with Crippen molar-refractivity contribution in [1.29, 1.82) is 0 Å². The zero-order valence-corrected chi connectivity index (χ0v) is 80.7. The summed E-state index contributed by atoms with van der Waals surface area (Å²) in [6.45, 7) is 25.2. The van der Waals surface area contributed by atoms with E-state index in [-0.39, 0.29) is 84.5 Å². The fourth-order valence-electron chi connectivity index (χ4n) is 21.8. The van der Waals surface area contributed by atoms with Gasteiger partial charge in [0.15, 0.2) is 6.29 Å². The maximum atomic E-state index is 13.3. The first-order valence-corrected chi connectivity index (χ1v) is 49.0. The molecule has 0 spiro atoms. The van der Waals surface area contributed by atoms with Crippen molar-refractivity contribution in [2.45, 2.75) is 141 Å². The van der Waals surface area contributed by atoms with E-state index in [4.69, 9.17) is 18.9 Å². The van der Waals surface area contributed by atoms with Gasteiger partial charge in [-0.2, -0.15) is 0 Å². The van der Waals surface area contributed by atoms with Gasteiger partial charge in [0.2, 0.25) is 35.4 Å². The third-order valence-electron chi connectivity index (χ3n) is 30.1. The van der Waals surface area contributed by atoms with Crippen LogP contribution in [-0.4, -0.2) is 351 Å². The van der Waals surface area contributed by atoms with Gasteiger partial charge in [-0.15, -0.1) is 0 Å². The molecule has 0 saturated carbocycles. The van der Waals surface area contributed by atoms with Crippen molar-refractivity contribution < 1.29 is 76.5 Å². The van der Waals surface area contributed by atoms with Crippen LogP contribution in [0.4, 0.5) is 26.7 Å². The normalized spacial score (nSPS) is 22.5. The van der Waals surface area contributed by atoms with Gasteiger partial charge in [0.25, 0.3) is 17.7 Å². The second-order valence-corrected chi connectivity index (χ2v) is 38.8. The number of carbonyl (C=O) groups excluding carboxylic acids is 12. The lowest BCUT2D eigenvalue weighted by Gasteiger charge is -2.38. The number of amides is 13. The average molecular weight is 1880 g/mol. The van der Waals surface area contributed by atoms with Gasteiger partial charge in [0.05, 0.1) is 39.6 Å². The summed E-state index contributed by atoms with van der Waals surface area (Å²) in [6.07, 6.45) is 17.7. The van der Waals surface area contributed by atoms with E-state index in [1.807, 2.05) is 49.6 Å². The highest BCUT2D eigenvalue weighted by Crippen LogP contribution is 2.41. The molecule has 0 bridgehead atoms. The largest absolute Gasteiger partial charge is 0.496 e. The van der Waals surface area contributed by atoms with Gasteiger partial charge in [-0.25, -0.2) is 9.59 Å². The molecule has 734 valence electrons. The minimum absolute atomic E-state index is 0.0282. The third kappa shape index (κ3) is 23.0. The van der Waals surface area contributed by atoms with Crippen molar-refractivity contribution in [3.05, 3.63) is 147 Å². The number of piperidine rings is 6. The maximum Gasteiger partial charge on any atom is 0.323 e. The number of urea groups is 2. The van der Waals surface area contributed by atoms with E-state index in [0.29, 0.717) is 97.9 Å². The van der Waals surface area contributed by atoms with Gasteiger partial charge in [0.1, 0.15) is 41.1 Å². The van der Waals surface area contributed by atoms with Crippen LogP contribution in [0.15, 0.2) is 91.3 Å². The molecule has 3 unspecified atom stereocenters. The van der Waals surface area contributed by atoms with Crippen molar-refractivity contribution >= 4 is 99.7 Å². The molecule has 0 aliphatic carbocycles. The molecule has 5 aromatic rings. The number of fused-ring (bicyclic) bond motifs is 3. The fraction of sp³-hybridized carbons (Fsp3) is 0.549. The number of piperazine rings is 3. The number of hydrogen-bond acceptors (Lipinski definition) is 25. The summed E-state index contributed by atoms with van der Waals surface area (Å²) in [7, 11) is 13.4. The van der Waals surface area contributed by atoms with Crippen LogP contribution in [-0.2, 0) is 54.9 Å². The molecule has 0 aromatic heterocycles. The lowest BCUT2D eigenvalue weighted by molar-refractivity contribution is -0.138. The topological polar surface area (TPSA) is 347 Å². The van der Waals surface area contributed by atoms with Crippen LogP contribution in [0.25, 0.3) is 11.1 Å². The summed E-state index contributed by atoms with van der Waals surface area (Å²) in [5, 5.41) is 14.0. The summed E-state index contributed by atoms with van der Waals surface area (Å²) >= 11 is 0. The quantitative estimate of drug-likeness (QED) is 0.0306. The Balaban J connectivity index is 0.000000139. The molecule has 14 aliphatic heterocycles. The first-order chi connectivity index (χ1) is 66.3. The number of carbonyl (C=O) groups is 12. The van der Waals surface area contributed by atoms with E-state index in [1.54, 1.807) is 83.1 Å². The molecule has 14 heterocycles. The van der Waals surface area contributed by atoms with Crippen molar-refractivity contribution in [1.82, 2.24) is 80.5 Å². The van der Waals surface area contributed by atoms with E-state index in [0.717, 1.165) is 203 Å². The van der Waals surface area contributed by atoms with Gasteiger partial charge in [-0.1, -0.05) is 12.1 Å². The Hall–Kier alpha value is -12.0. The number of nitrogens with zero attached hydrogens (tertiary/aromatic N) is 14. The van der Waals surface area contributed by atoms with Crippen LogP contribution in [0.3, 0.4) is 0 Å². The van der Waals surface area contributed by atoms with Crippen molar-refractivity contribution in [2.75, 3.05) is 222 Å². The Labute approximate surface area is 802 Å². The molecule has 35 heteroatoms. The number of rotatable bonds is 24. The van der Waals surface area contributed by atoms with Crippen molar-refractivity contribution in [2.24, 2.45) is 17.8 Å². The average Bonchev–Trinajstić information content (AvgIpc) is 1.66. The van der Waals surface area contributed by atoms with Gasteiger partial charge in [-0.3, -0.25) is 83.5 Å². The van der Waals surface area contributed by atoms with Crippen LogP contribution in [0.2, 0.25) is 0 Å². The van der Waals surface area contributed by atoms with Crippen LogP contribution in [0.5, 0.6) is 23.0 Å². The summed E-state index contributed by atoms with van der Waals surface area (Å²) in [4.78, 5) is 175. The highest BCUT2D eigenvalue weighted by Gasteiger charge is 2.44. The molecule has 5 aromatic carbocycles. The Morgan fingerprint density at radius 3 is 1.06 bits per heavy atom. The van der Waals surface area contributed by atoms with Gasteiger partial charge < -0.3 is 78.6 Å². The monoisotopic (exact) mass is 1880 g/mol. The maximum absolute atomic E-state index is 13.3. The molecule has 0 radical (unpaired) electrons. The SMILES string of the molecule is COc1cc(C2=CN(C)C(=O)N(C)C2)cc(OC)c1C=O.COc1cc(C2=CN(C)C(=O)N(C)C2)cc(OC)c1CN1CCC(CCN2CCN(c3ccc4c(c3)C(=O)N(C3CCC(=O)NC3=O)C4)CC2)CC1.O=C1CCC(N2Cc3cc(N4CCN(CCC5CCNCC5)CC4)ccc3C2=O)C(=O)N1.O=C1CCC(N2Cc3ccc(N4CCN(CCC5CCNCC5)CC4)cc3C2=O)C(=O)N1. The second-order valence-electron chi connectivity index (χ2n) is 38.8. The van der Waals surface area contributed by atoms with E-state index >= 15 is 0 Å². The number of anilines is 3. The van der Waals surface area contributed by atoms with Crippen molar-refractivity contribution in [3.63, 3.8) is 0 Å². The Bertz CT molecular complexity index is 5300. The molecular weight excluding hydrogens is 1750 g/mol. The zero-order chi connectivity index (χ0) is 96.2. The Morgan fingerprint density at radius 1 is 0.358 bits per heavy atom. The summed E-state index contributed by atoms with van der Waals surface area (Å²) in [6, 6.07) is 24.2. The number of benzene rings is 5. The highest BCUT2D eigenvalue weighted by molar-refractivity contribution is 6.08. The molecule has 19 rings (SSSR count). The molecule has 35 nitrogen and oxygen atoms in total. The number of likely N-dealkylation sites (N-methyl/N-ethyl adjacent to an activating group) is 2. The van der Waals surface area contributed by atoms with Crippen LogP contribution in [0.1, 0.15) is 171 Å². The fourth-order valence-corrected chi connectivity index (χ4v) is 21.8. The van der Waals surface area contributed by atoms with Crippen molar-refractivity contribution in [3.8, 4) is 23.0 Å². The molecule has 14 aliphatic rings. The van der Waals surface area contributed by atoms with Gasteiger partial charge in [0, 0.05) is 211 Å². The standard InChI is InChI=1S/C39H51N7O6.2C24H33N5O3.C15H18N2O4/c1-41-22-29(23-42(2)39(41)50)28-19-34(51-3)32(35(20-28)52-4)25-44-13-10-26(11-14-44)9-12-43-15-17-45(18-16-43)30-6-5-27-24-46(38(49)31(27)21-30)33-7-8-36(47)40-37(33)48;30-22-4-3-21(23(31)26-22)29-16-18-15-19(1-2-20(18)24(29)32)28-13-11-27(12-14-28)10-7-17-5-8-25-9-6-17;30-22-4-3-21(23(31)26-22)29-16-18-1-2-19(15-20(18)24(29)32)28-13-11-27(12-14-28)10-7-17-5-8-25-9-6-17;1-16-7-11(8-17(2)15(16)19)10-5-13(20-3)12(9-18)14(6-10)21-4/h5-6,19-22,26,33H,7-18,23-25H2,1-4H3,(H,40,47,48);2*1-2,15,17,21,25H,3-14,16H2,(H,26,30,31);5-7,9H,8H2,1-4H3. The second kappa shape index (κ2) is 44.6. The number of ether oxygens (including phenoxy) is 4. The molecule has 9 fully saturated rings. The number of aldehydes is 1. The minimum Gasteiger partial charge on any atom is -0.496 e. The number of likely N-dealkylation sites (tertiary alicyclic amines) is 1. The first-order valence-electron chi connectivity index (χ1n) is 49.0. The molecule has 5 N–H and O–H groups in total. The number of methoxy groups -OCH3 is 4. The summed E-state index contributed by atoms with van der Waals surface area (Å²) in [5.74, 6) is 2.73. The van der Waals surface area contributed by atoms with Gasteiger partial charge in [-0.05, 0) is 259 Å². The number of imide groups is 3. The summed E-state index contributed by atoms with van der Waals surface area (Å²) in [5.41, 5.74) is 13.4. The predicted octanol–water partition coefficient (Wildman–Crippen LogP) is 7.00. The van der Waals surface area contributed by atoms with Crippen LogP contribution in [0, 0.1) is 17.8 Å². The molecule has 3 atom stereocenters. The molecule has 137 heavy (non-hydrogen) atoms. The van der Waals surface area contributed by atoms with E-state index in [1.165, 1.54) is 103 Å². The van der Waals surface area contributed by atoms with E-state index in [9.17, 15) is 57.5 Å². The Morgan fingerprint density at radius 2 is 0.701 bits per heavy atom. The first kappa shape index (κ1) is 98.0. The highest BCUT2D eigenvalue weighted by atomic mass is 16.5.